The molecular weight excluding hydrogens is 352 g/mol. The van der Waals surface area contributed by atoms with Gasteiger partial charge in [-0.1, -0.05) is 17.8 Å². The van der Waals surface area contributed by atoms with Crippen LogP contribution in [0.15, 0.2) is 34.0 Å². The van der Waals surface area contributed by atoms with Gasteiger partial charge in [0.25, 0.3) is 5.91 Å². The van der Waals surface area contributed by atoms with Crippen molar-refractivity contribution < 1.29 is 9.53 Å². The molecule has 9 heteroatoms. The first-order chi connectivity index (χ1) is 12.4. The van der Waals surface area contributed by atoms with Gasteiger partial charge >= 0.3 is 0 Å². The van der Waals surface area contributed by atoms with Crippen LogP contribution in [-0.2, 0) is 4.74 Å². The first kappa shape index (κ1) is 18.5. The molecule has 3 heterocycles. The molecule has 0 fully saturated rings. The van der Waals surface area contributed by atoms with Gasteiger partial charge < -0.3 is 15.8 Å². The van der Waals surface area contributed by atoms with Gasteiger partial charge in [-0.05, 0) is 20.3 Å². The van der Waals surface area contributed by atoms with E-state index in [0.29, 0.717) is 5.17 Å². The lowest BCUT2D eigenvalue weighted by Gasteiger charge is -2.36. The molecule has 8 nitrogen and oxygen atoms in total. The Morgan fingerprint density at radius 1 is 1.42 bits per heavy atom. The highest BCUT2D eigenvalue weighted by Crippen LogP contribution is 2.36. The number of hydrogen-bond acceptors (Lipinski definition) is 8. The van der Waals surface area contributed by atoms with Crippen LogP contribution >= 0.6 is 11.8 Å². The van der Waals surface area contributed by atoms with E-state index in [0.717, 1.165) is 23.4 Å². The highest BCUT2D eigenvalue weighted by molar-refractivity contribution is 8.13. The molecule has 2 aliphatic heterocycles. The van der Waals surface area contributed by atoms with Gasteiger partial charge in [0.1, 0.15) is 5.69 Å². The third kappa shape index (κ3) is 3.94. The van der Waals surface area contributed by atoms with Crippen LogP contribution in [0.4, 0.5) is 0 Å². The van der Waals surface area contributed by atoms with Gasteiger partial charge in [0.2, 0.25) is 0 Å². The van der Waals surface area contributed by atoms with E-state index in [1.165, 1.54) is 18.0 Å². The molecule has 26 heavy (non-hydrogen) atoms. The van der Waals surface area contributed by atoms with Gasteiger partial charge in [-0.15, -0.1) is 0 Å². The number of amidine groups is 1. The van der Waals surface area contributed by atoms with Crippen molar-refractivity contribution in [2.24, 2.45) is 15.7 Å². The van der Waals surface area contributed by atoms with Crippen molar-refractivity contribution >= 4 is 29.1 Å². The van der Waals surface area contributed by atoms with E-state index in [2.05, 4.69) is 25.3 Å². The molecule has 0 aromatic carbocycles. The smallest absolute Gasteiger partial charge is 0.272 e. The third-order valence-corrected chi connectivity index (χ3v) is 5.15. The number of aliphatic imine (C=N–C) groups is 2. The normalized spacial score (nSPS) is 28.3. The van der Waals surface area contributed by atoms with Crippen molar-refractivity contribution in [1.29, 1.82) is 0 Å². The standard InChI is InChI=1S/C17H22N6O2S/c1-10-7-20-13(9-19-10)14(24)22-11-6-12(15(25-3)21-8-11)17(2)4-5-26-16(18)23-17/h6-9,11,15H,4-5H2,1-3H3,(H2,18,23)(H,22,24)/t11?,15?,17-/m0/s1. The summed E-state index contributed by atoms with van der Waals surface area (Å²) in [4.78, 5) is 29.7. The van der Waals surface area contributed by atoms with E-state index in [-0.39, 0.29) is 17.6 Å². The average Bonchev–Trinajstić information content (AvgIpc) is 2.62. The van der Waals surface area contributed by atoms with Gasteiger partial charge in [-0.2, -0.15) is 0 Å². The molecule has 1 aromatic rings. The maximum atomic E-state index is 12.4. The highest BCUT2D eigenvalue weighted by atomic mass is 32.2. The molecular formula is C17H22N6O2S. The summed E-state index contributed by atoms with van der Waals surface area (Å²) in [6, 6.07) is -0.380. The highest BCUT2D eigenvalue weighted by Gasteiger charge is 2.37. The lowest BCUT2D eigenvalue weighted by molar-refractivity contribution is 0.0942. The summed E-state index contributed by atoms with van der Waals surface area (Å²) in [5, 5.41) is 3.44. The van der Waals surface area contributed by atoms with Crippen LogP contribution in [-0.4, -0.2) is 57.9 Å². The fourth-order valence-corrected chi connectivity index (χ4v) is 3.89. The van der Waals surface area contributed by atoms with E-state index < -0.39 is 11.8 Å². The molecule has 0 saturated carbocycles. The van der Waals surface area contributed by atoms with Crippen LogP contribution in [0.5, 0.6) is 0 Å². The van der Waals surface area contributed by atoms with Crippen LogP contribution < -0.4 is 11.1 Å². The maximum Gasteiger partial charge on any atom is 0.272 e. The number of hydrogen-bond donors (Lipinski definition) is 2. The summed E-state index contributed by atoms with van der Waals surface area (Å²) in [5.74, 6) is 0.562. The molecule has 3 atom stereocenters. The van der Waals surface area contributed by atoms with Gasteiger partial charge in [-0.25, -0.2) is 4.98 Å². The van der Waals surface area contributed by atoms with Crippen molar-refractivity contribution in [3.8, 4) is 0 Å². The van der Waals surface area contributed by atoms with Gasteiger partial charge in [-0.3, -0.25) is 19.8 Å². The van der Waals surface area contributed by atoms with Crippen LogP contribution in [0.2, 0.25) is 0 Å². The number of aryl methyl sites for hydroxylation is 1. The molecule has 0 saturated heterocycles. The average molecular weight is 374 g/mol. The molecule has 1 aromatic heterocycles. The number of nitrogens with zero attached hydrogens (tertiary/aromatic N) is 4. The topological polar surface area (TPSA) is 115 Å². The molecule has 0 aliphatic carbocycles. The molecule has 1 amide bonds. The number of carbonyl (C=O) groups is 1. The Morgan fingerprint density at radius 3 is 2.88 bits per heavy atom. The van der Waals surface area contributed by atoms with Crippen molar-refractivity contribution in [2.45, 2.75) is 38.1 Å². The fourth-order valence-electron chi connectivity index (χ4n) is 2.91. The molecule has 3 rings (SSSR count). The zero-order chi connectivity index (χ0) is 18.7. The number of amides is 1. The molecule has 138 valence electrons. The molecule has 0 bridgehead atoms. The predicted molar refractivity (Wildman–Crippen MR) is 102 cm³/mol. The van der Waals surface area contributed by atoms with E-state index in [1.807, 2.05) is 19.9 Å². The summed E-state index contributed by atoms with van der Waals surface area (Å²) in [6.45, 7) is 3.83. The number of methoxy groups -OCH3 is 1. The third-order valence-electron chi connectivity index (χ3n) is 4.36. The number of nitrogens with two attached hydrogens (primary N) is 1. The van der Waals surface area contributed by atoms with Crippen LogP contribution in [0.3, 0.4) is 0 Å². The summed E-state index contributed by atoms with van der Waals surface area (Å²) >= 11 is 1.54. The number of aromatic nitrogens is 2. The number of dihydropyridines is 1. The number of thioether (sulfide) groups is 1. The fraction of sp³-hybridized carbons (Fsp3) is 0.471. The summed E-state index contributed by atoms with van der Waals surface area (Å²) in [7, 11) is 1.60. The van der Waals surface area contributed by atoms with Crippen molar-refractivity contribution in [1.82, 2.24) is 15.3 Å². The molecule has 0 radical (unpaired) electrons. The van der Waals surface area contributed by atoms with E-state index in [9.17, 15) is 4.79 Å². The van der Waals surface area contributed by atoms with Crippen molar-refractivity contribution in [3.63, 3.8) is 0 Å². The van der Waals surface area contributed by atoms with Crippen LogP contribution in [0, 0.1) is 6.92 Å². The minimum absolute atomic E-state index is 0.260. The first-order valence-corrected chi connectivity index (χ1v) is 9.26. The Kier molecular flexibility index (Phi) is 5.38. The molecule has 2 unspecified atom stereocenters. The second-order valence-corrected chi connectivity index (χ2v) is 7.49. The Bertz CT molecular complexity index is 776. The van der Waals surface area contributed by atoms with Crippen molar-refractivity contribution in [3.05, 3.63) is 35.4 Å². The van der Waals surface area contributed by atoms with Gasteiger partial charge in [0.05, 0.1) is 23.5 Å². The molecule has 2 aliphatic rings. The van der Waals surface area contributed by atoms with E-state index in [1.54, 1.807) is 19.5 Å². The lowest BCUT2D eigenvalue weighted by atomic mass is 9.86. The minimum Gasteiger partial charge on any atom is -0.379 e. The number of nitrogens with one attached hydrogen (secondary N) is 1. The SMILES string of the molecule is COC1N=CC(NC(=O)c2cnc(C)cn2)C=C1[C@]1(C)CCSC(N)=N1. The van der Waals surface area contributed by atoms with E-state index >= 15 is 0 Å². The summed E-state index contributed by atoms with van der Waals surface area (Å²) < 4.78 is 5.49. The summed E-state index contributed by atoms with van der Waals surface area (Å²) in [6.07, 6.45) is 7.00. The largest absolute Gasteiger partial charge is 0.379 e. The molecule has 0 spiro atoms. The zero-order valence-corrected chi connectivity index (χ0v) is 15.8. The van der Waals surface area contributed by atoms with Gasteiger partial charge in [0.15, 0.2) is 11.4 Å². The number of ether oxygens (including phenoxy) is 1. The van der Waals surface area contributed by atoms with Crippen LogP contribution in [0.25, 0.3) is 0 Å². The maximum absolute atomic E-state index is 12.4. The van der Waals surface area contributed by atoms with Gasteiger partial charge in [0, 0.05) is 30.8 Å². The quantitative estimate of drug-likeness (QED) is 0.762. The lowest BCUT2D eigenvalue weighted by Crippen LogP contribution is -2.43. The minimum atomic E-state index is -0.500. The number of carbonyl (C=O) groups excluding carboxylic acids is 1. The predicted octanol–water partition coefficient (Wildman–Crippen LogP) is 1.08. The second-order valence-electron chi connectivity index (χ2n) is 6.37. The Morgan fingerprint density at radius 2 is 2.23 bits per heavy atom. The molecule has 3 N–H and O–H groups in total. The Labute approximate surface area is 156 Å². The summed E-state index contributed by atoms with van der Waals surface area (Å²) in [5.41, 5.74) is 7.34. The van der Waals surface area contributed by atoms with Crippen LogP contribution in [0.1, 0.15) is 29.5 Å². The Balaban J connectivity index is 1.82. The van der Waals surface area contributed by atoms with E-state index in [4.69, 9.17) is 10.5 Å². The second kappa shape index (κ2) is 7.55. The Hall–Kier alpha value is -2.26. The van der Waals surface area contributed by atoms with Crippen molar-refractivity contribution in [2.75, 3.05) is 12.9 Å². The monoisotopic (exact) mass is 374 g/mol. The number of rotatable bonds is 4. The first-order valence-electron chi connectivity index (χ1n) is 8.27. The zero-order valence-electron chi connectivity index (χ0n) is 15.0.